The van der Waals surface area contributed by atoms with E-state index in [9.17, 15) is 0 Å². The number of anilines is 1. The van der Waals surface area contributed by atoms with Gasteiger partial charge in [0.15, 0.2) is 5.69 Å². The number of benzene rings is 3. The summed E-state index contributed by atoms with van der Waals surface area (Å²) in [5.41, 5.74) is 7.72. The molecule has 0 radical (unpaired) electrons. The van der Waals surface area contributed by atoms with Crippen molar-refractivity contribution in [2.75, 3.05) is 5.73 Å². The number of nitrogens with two attached hydrogens (primary N) is 1. The third-order valence-electron chi connectivity index (χ3n) is 4.53. The van der Waals surface area contributed by atoms with E-state index in [1.807, 2.05) is 66.7 Å². The van der Waals surface area contributed by atoms with E-state index in [0.717, 1.165) is 10.8 Å². The van der Waals surface area contributed by atoms with E-state index in [4.69, 9.17) is 15.2 Å². The molecule has 0 unspecified atom stereocenters. The molecule has 1 aromatic heterocycles. The summed E-state index contributed by atoms with van der Waals surface area (Å²) in [5.74, 6) is 2.32. The Balaban J connectivity index is 1.61. The number of nitrogens with zero attached hydrogens (tertiary/aromatic N) is 2. The monoisotopic (exact) mass is 371 g/mol. The van der Waals surface area contributed by atoms with Crippen LogP contribution in [0.3, 0.4) is 0 Å². The highest BCUT2D eigenvalue weighted by Gasteiger charge is 2.14. The second-order valence-electron chi connectivity index (χ2n) is 6.80. The third-order valence-corrected chi connectivity index (χ3v) is 4.53. The zero-order chi connectivity index (χ0) is 19.5. The average molecular weight is 371 g/mol. The van der Waals surface area contributed by atoms with Gasteiger partial charge in [-0.2, -0.15) is 9.97 Å². The molecule has 140 valence electrons. The Morgan fingerprint density at radius 3 is 2.21 bits per heavy atom. The summed E-state index contributed by atoms with van der Waals surface area (Å²) in [5, 5.41) is 2.06. The van der Waals surface area contributed by atoms with Crippen LogP contribution in [0.4, 0.5) is 5.69 Å². The minimum absolute atomic E-state index is 0.253. The minimum atomic E-state index is 0.253. The number of fused-ring (bicyclic) bond motifs is 1. The van der Waals surface area contributed by atoms with E-state index in [1.54, 1.807) is 0 Å². The third kappa shape index (κ3) is 3.60. The topological polar surface area (TPSA) is 70.3 Å². The summed E-state index contributed by atoms with van der Waals surface area (Å²) in [7, 11) is 0. The van der Waals surface area contributed by atoms with Gasteiger partial charge in [0.1, 0.15) is 17.8 Å². The van der Waals surface area contributed by atoms with Crippen molar-refractivity contribution in [2.45, 2.75) is 19.8 Å². The summed E-state index contributed by atoms with van der Waals surface area (Å²) in [4.78, 5) is 8.34. The molecule has 0 atom stereocenters. The fraction of sp³-hybridized carbons (Fsp3) is 0.130. The number of aromatic nitrogens is 2. The average Bonchev–Trinajstić information content (AvgIpc) is 2.71. The van der Waals surface area contributed by atoms with Crippen molar-refractivity contribution in [1.82, 2.24) is 9.97 Å². The molecule has 0 aliphatic heterocycles. The van der Waals surface area contributed by atoms with Gasteiger partial charge in [-0.25, -0.2) is 0 Å². The zero-order valence-corrected chi connectivity index (χ0v) is 15.8. The predicted octanol–water partition coefficient (Wildman–Crippen LogP) is 5.92. The lowest BCUT2D eigenvalue weighted by molar-refractivity contribution is 0.440. The highest BCUT2D eigenvalue weighted by Crippen LogP contribution is 2.36. The first-order valence-electron chi connectivity index (χ1n) is 9.15. The van der Waals surface area contributed by atoms with Gasteiger partial charge in [-0.15, -0.1) is 0 Å². The molecule has 5 heteroatoms. The number of nitrogen functional groups attached to an aromatic ring is 1. The minimum Gasteiger partial charge on any atom is -0.437 e. The Kier molecular flexibility index (Phi) is 4.81. The number of ether oxygens (including phenoxy) is 2. The molecule has 0 amide bonds. The fourth-order valence-electron chi connectivity index (χ4n) is 2.95. The van der Waals surface area contributed by atoms with Gasteiger partial charge >= 0.3 is 0 Å². The van der Waals surface area contributed by atoms with Crippen LogP contribution in [0.25, 0.3) is 10.8 Å². The van der Waals surface area contributed by atoms with Gasteiger partial charge in [0.25, 0.3) is 0 Å². The molecule has 28 heavy (non-hydrogen) atoms. The van der Waals surface area contributed by atoms with Gasteiger partial charge in [0, 0.05) is 5.39 Å². The van der Waals surface area contributed by atoms with Crippen molar-refractivity contribution in [3.63, 3.8) is 0 Å². The van der Waals surface area contributed by atoms with Gasteiger partial charge in [-0.3, -0.25) is 0 Å². The van der Waals surface area contributed by atoms with Crippen LogP contribution in [0.5, 0.6) is 23.3 Å². The largest absolute Gasteiger partial charge is 0.437 e. The Morgan fingerprint density at radius 2 is 1.46 bits per heavy atom. The lowest BCUT2D eigenvalue weighted by Crippen LogP contribution is -2.00. The van der Waals surface area contributed by atoms with Crippen LogP contribution in [0.2, 0.25) is 0 Å². The maximum absolute atomic E-state index is 6.23. The van der Waals surface area contributed by atoms with Gasteiger partial charge in [-0.05, 0) is 35.1 Å². The molecule has 0 aliphatic rings. The van der Waals surface area contributed by atoms with Crippen molar-refractivity contribution in [1.29, 1.82) is 0 Å². The van der Waals surface area contributed by atoms with E-state index >= 15 is 0 Å². The number of hydrogen-bond acceptors (Lipinski definition) is 5. The van der Waals surface area contributed by atoms with Gasteiger partial charge < -0.3 is 15.2 Å². The van der Waals surface area contributed by atoms with Crippen molar-refractivity contribution < 1.29 is 9.47 Å². The second-order valence-corrected chi connectivity index (χ2v) is 6.80. The molecule has 5 nitrogen and oxygen atoms in total. The zero-order valence-electron chi connectivity index (χ0n) is 15.8. The first-order chi connectivity index (χ1) is 13.6. The molecular weight excluding hydrogens is 350 g/mol. The Morgan fingerprint density at radius 1 is 0.786 bits per heavy atom. The van der Waals surface area contributed by atoms with E-state index < -0.39 is 0 Å². The van der Waals surface area contributed by atoms with Crippen LogP contribution in [0.15, 0.2) is 73.1 Å². The molecule has 0 bridgehead atoms. The Labute approximate surface area is 163 Å². The Bertz CT molecular complexity index is 1100. The smallest absolute Gasteiger partial charge is 0.249 e. The van der Waals surface area contributed by atoms with Gasteiger partial charge in [0.2, 0.25) is 11.8 Å². The van der Waals surface area contributed by atoms with Crippen molar-refractivity contribution in [2.24, 2.45) is 0 Å². The molecule has 0 fully saturated rings. The van der Waals surface area contributed by atoms with Crippen molar-refractivity contribution in [3.05, 3.63) is 78.6 Å². The van der Waals surface area contributed by atoms with Crippen LogP contribution in [-0.4, -0.2) is 9.97 Å². The van der Waals surface area contributed by atoms with Crippen LogP contribution >= 0.6 is 0 Å². The maximum Gasteiger partial charge on any atom is 0.249 e. The summed E-state index contributed by atoms with van der Waals surface area (Å²) in [6.07, 6.45) is 1.38. The van der Waals surface area contributed by atoms with E-state index in [0.29, 0.717) is 17.4 Å². The molecular formula is C23H21N3O2. The SMILES string of the molecule is CC(C)c1ccc(Oc2ncnc(Oc3cccc4ccccc34)c2N)cc1. The summed E-state index contributed by atoms with van der Waals surface area (Å²) >= 11 is 0. The quantitative estimate of drug-likeness (QED) is 0.471. The van der Waals surface area contributed by atoms with Gasteiger partial charge in [-0.1, -0.05) is 62.4 Å². The predicted molar refractivity (Wildman–Crippen MR) is 111 cm³/mol. The lowest BCUT2D eigenvalue weighted by atomic mass is 10.0. The van der Waals surface area contributed by atoms with Crippen LogP contribution in [-0.2, 0) is 0 Å². The van der Waals surface area contributed by atoms with E-state index in [1.165, 1.54) is 11.9 Å². The molecule has 1 heterocycles. The lowest BCUT2D eigenvalue weighted by Gasteiger charge is -2.13. The first kappa shape index (κ1) is 17.8. The molecule has 0 saturated carbocycles. The number of hydrogen-bond donors (Lipinski definition) is 1. The normalized spacial score (nSPS) is 11.0. The van der Waals surface area contributed by atoms with Crippen LogP contribution in [0.1, 0.15) is 25.3 Å². The van der Waals surface area contributed by atoms with E-state index in [2.05, 4.69) is 23.8 Å². The fourth-order valence-corrected chi connectivity index (χ4v) is 2.95. The van der Waals surface area contributed by atoms with Crippen molar-refractivity contribution >= 4 is 16.5 Å². The van der Waals surface area contributed by atoms with Gasteiger partial charge in [0.05, 0.1) is 0 Å². The first-order valence-corrected chi connectivity index (χ1v) is 9.15. The van der Waals surface area contributed by atoms with Crippen LogP contribution < -0.4 is 15.2 Å². The van der Waals surface area contributed by atoms with E-state index in [-0.39, 0.29) is 17.4 Å². The summed E-state index contributed by atoms with van der Waals surface area (Å²) in [6, 6.07) is 21.7. The highest BCUT2D eigenvalue weighted by molar-refractivity contribution is 5.88. The number of rotatable bonds is 5. The second kappa shape index (κ2) is 7.56. The molecule has 4 aromatic rings. The van der Waals surface area contributed by atoms with Crippen LogP contribution in [0, 0.1) is 0 Å². The molecule has 3 aromatic carbocycles. The molecule has 2 N–H and O–H groups in total. The summed E-state index contributed by atoms with van der Waals surface area (Å²) in [6.45, 7) is 4.30. The molecule has 0 spiro atoms. The Hall–Kier alpha value is -3.60. The standard InChI is InChI=1S/C23H21N3O2/c1-15(2)16-10-12-18(13-11-16)27-22-21(24)23(26-14-25-22)28-20-9-5-7-17-6-3-4-8-19(17)20/h3-15H,24H2,1-2H3. The molecule has 4 rings (SSSR count). The summed E-state index contributed by atoms with van der Waals surface area (Å²) < 4.78 is 11.8. The maximum atomic E-state index is 6.23. The highest BCUT2D eigenvalue weighted by atomic mass is 16.5. The molecule has 0 aliphatic carbocycles. The van der Waals surface area contributed by atoms with Crippen molar-refractivity contribution in [3.8, 4) is 23.3 Å². The molecule has 0 saturated heterocycles.